The van der Waals surface area contributed by atoms with Crippen LogP contribution in [-0.4, -0.2) is 17.6 Å². The molecule has 0 spiro atoms. The second-order valence-corrected chi connectivity index (χ2v) is 7.72. The maximum Gasteiger partial charge on any atom is 0.241 e. The van der Waals surface area contributed by atoms with E-state index in [0.717, 1.165) is 10.8 Å². The molecule has 0 bridgehead atoms. The molecule has 33 heavy (non-hydrogen) atoms. The maximum atomic E-state index is 14.1. The Labute approximate surface area is 188 Å². The average molecular weight is 439 g/mol. The molecule has 0 aromatic heterocycles. The van der Waals surface area contributed by atoms with Crippen LogP contribution in [0.5, 0.6) is 0 Å². The van der Waals surface area contributed by atoms with Gasteiger partial charge in [-0.15, -0.1) is 0 Å². The number of nitrogen functional groups attached to an aromatic ring is 1. The predicted octanol–water partition coefficient (Wildman–Crippen LogP) is 4.80. The highest BCUT2D eigenvalue weighted by molar-refractivity contribution is 6.22. The second kappa shape index (κ2) is 7.87. The predicted molar refractivity (Wildman–Crippen MR) is 125 cm³/mol. The van der Waals surface area contributed by atoms with Crippen LogP contribution in [0.3, 0.4) is 0 Å². The van der Waals surface area contributed by atoms with E-state index in [1.807, 2.05) is 30.3 Å². The van der Waals surface area contributed by atoms with Crippen LogP contribution in [-0.2, 0) is 9.59 Å². The van der Waals surface area contributed by atoms with E-state index in [4.69, 9.17) is 5.73 Å². The molecule has 1 aliphatic heterocycles. The van der Waals surface area contributed by atoms with Crippen molar-refractivity contribution in [2.75, 3.05) is 16.0 Å². The molecular formula is C26H18FN3O3. The van der Waals surface area contributed by atoms with Gasteiger partial charge in [0.15, 0.2) is 5.78 Å². The molecule has 1 heterocycles. The Bertz CT molecular complexity index is 1460. The monoisotopic (exact) mass is 439 g/mol. The molecule has 7 heteroatoms. The molecule has 3 N–H and O–H groups in total. The lowest BCUT2D eigenvalue weighted by Crippen LogP contribution is -2.27. The van der Waals surface area contributed by atoms with Gasteiger partial charge in [-0.1, -0.05) is 42.5 Å². The summed E-state index contributed by atoms with van der Waals surface area (Å²) >= 11 is 0. The van der Waals surface area contributed by atoms with E-state index in [1.165, 1.54) is 41.3 Å². The third-order valence-electron chi connectivity index (χ3n) is 5.62. The minimum Gasteiger partial charge on any atom is -0.397 e. The molecule has 0 unspecified atom stereocenters. The molecule has 0 atom stereocenters. The molecule has 0 saturated carbocycles. The smallest absolute Gasteiger partial charge is 0.241 e. The first-order valence-electron chi connectivity index (χ1n) is 10.3. The van der Waals surface area contributed by atoms with Gasteiger partial charge in [-0.05, 0) is 41.8 Å². The summed E-state index contributed by atoms with van der Waals surface area (Å²) in [6.07, 6.45) is -0.363. The lowest BCUT2D eigenvalue weighted by atomic mass is 10.0. The van der Waals surface area contributed by atoms with Gasteiger partial charge in [-0.25, -0.2) is 4.39 Å². The molecule has 6 nitrogen and oxygen atoms in total. The standard InChI is InChI=1S/C26H18FN3O3/c27-19-8-4-3-7-18(19)26(33)16-10-11-21(20(28)13-16)30-22-12-9-15-5-1-2-6-17(15)25(22)29-23(31)14-24(30)32/h1-13H,14,28H2,(H,29,31). The van der Waals surface area contributed by atoms with Gasteiger partial charge < -0.3 is 11.1 Å². The Morgan fingerprint density at radius 3 is 2.42 bits per heavy atom. The molecule has 1 aliphatic rings. The number of carbonyl (C=O) groups excluding carboxylic acids is 3. The summed E-state index contributed by atoms with van der Waals surface area (Å²) in [7, 11) is 0. The summed E-state index contributed by atoms with van der Waals surface area (Å²) in [6, 6.07) is 21.3. The summed E-state index contributed by atoms with van der Waals surface area (Å²) in [4.78, 5) is 39.6. The number of fused-ring (bicyclic) bond motifs is 3. The van der Waals surface area contributed by atoms with Gasteiger partial charge in [-0.3, -0.25) is 19.3 Å². The number of hydrogen-bond donors (Lipinski definition) is 2. The molecule has 0 saturated heterocycles. The third kappa shape index (κ3) is 3.49. The summed E-state index contributed by atoms with van der Waals surface area (Å²) in [5.41, 5.74) is 7.87. The Hall–Kier alpha value is -4.52. The molecule has 162 valence electrons. The molecular weight excluding hydrogens is 421 g/mol. The Morgan fingerprint density at radius 1 is 0.909 bits per heavy atom. The number of nitrogens with one attached hydrogen (secondary N) is 1. The SMILES string of the molecule is Nc1cc(C(=O)c2ccccc2F)ccc1N1C(=O)CC(=O)Nc2c1ccc1ccccc21. The van der Waals surface area contributed by atoms with Crippen LogP contribution >= 0.6 is 0 Å². The van der Waals surface area contributed by atoms with Crippen molar-refractivity contribution in [3.05, 3.63) is 95.8 Å². The highest BCUT2D eigenvalue weighted by Gasteiger charge is 2.30. The largest absolute Gasteiger partial charge is 0.397 e. The zero-order valence-corrected chi connectivity index (χ0v) is 17.3. The minimum absolute atomic E-state index is 0.0675. The minimum atomic E-state index is -0.627. The molecule has 2 amide bonds. The first-order chi connectivity index (χ1) is 15.9. The van der Waals surface area contributed by atoms with E-state index in [-0.39, 0.29) is 23.2 Å². The van der Waals surface area contributed by atoms with E-state index in [2.05, 4.69) is 5.32 Å². The van der Waals surface area contributed by atoms with E-state index in [1.54, 1.807) is 12.1 Å². The van der Waals surface area contributed by atoms with Crippen LogP contribution in [0.1, 0.15) is 22.3 Å². The topological polar surface area (TPSA) is 92.5 Å². The number of amides is 2. The van der Waals surface area contributed by atoms with Gasteiger partial charge in [-0.2, -0.15) is 0 Å². The lowest BCUT2D eigenvalue weighted by Gasteiger charge is -2.25. The number of nitrogens with zero attached hydrogens (tertiary/aromatic N) is 1. The molecule has 4 aromatic rings. The fourth-order valence-corrected chi connectivity index (χ4v) is 4.08. The Morgan fingerprint density at radius 2 is 1.64 bits per heavy atom. The van der Waals surface area contributed by atoms with Crippen LogP contribution in [0.25, 0.3) is 10.8 Å². The van der Waals surface area contributed by atoms with Gasteiger partial charge >= 0.3 is 0 Å². The summed E-state index contributed by atoms with van der Waals surface area (Å²) < 4.78 is 14.1. The molecule has 5 rings (SSSR count). The van der Waals surface area contributed by atoms with Gasteiger partial charge in [0.25, 0.3) is 0 Å². The number of nitrogens with two attached hydrogens (primary N) is 1. The van der Waals surface area contributed by atoms with Gasteiger partial charge in [0.05, 0.1) is 28.3 Å². The van der Waals surface area contributed by atoms with Crippen LogP contribution in [0.15, 0.2) is 78.9 Å². The molecule has 0 fully saturated rings. The number of ketones is 1. The quantitative estimate of drug-likeness (QED) is 0.273. The van der Waals surface area contributed by atoms with E-state index >= 15 is 0 Å². The van der Waals surface area contributed by atoms with E-state index in [0.29, 0.717) is 17.1 Å². The summed E-state index contributed by atoms with van der Waals surface area (Å²) in [5.74, 6) is -2.03. The van der Waals surface area contributed by atoms with Gasteiger partial charge in [0, 0.05) is 10.9 Å². The third-order valence-corrected chi connectivity index (χ3v) is 5.62. The molecule has 0 radical (unpaired) electrons. The Balaban J connectivity index is 1.63. The van der Waals surface area contributed by atoms with Crippen LogP contribution in [0.2, 0.25) is 0 Å². The second-order valence-electron chi connectivity index (χ2n) is 7.72. The van der Waals surface area contributed by atoms with Crippen LogP contribution in [0, 0.1) is 5.82 Å². The van der Waals surface area contributed by atoms with Crippen molar-refractivity contribution in [3.8, 4) is 0 Å². The highest BCUT2D eigenvalue weighted by atomic mass is 19.1. The van der Waals surface area contributed by atoms with Gasteiger partial charge in [0.1, 0.15) is 12.2 Å². The average Bonchev–Trinajstić information content (AvgIpc) is 2.93. The van der Waals surface area contributed by atoms with Crippen molar-refractivity contribution in [1.82, 2.24) is 0 Å². The van der Waals surface area contributed by atoms with Crippen molar-refractivity contribution < 1.29 is 18.8 Å². The number of rotatable bonds is 3. The fraction of sp³-hybridized carbons (Fsp3) is 0.0385. The maximum absolute atomic E-state index is 14.1. The van der Waals surface area contributed by atoms with Crippen molar-refractivity contribution in [1.29, 1.82) is 0 Å². The van der Waals surface area contributed by atoms with E-state index < -0.39 is 23.4 Å². The van der Waals surface area contributed by atoms with Crippen molar-refractivity contribution in [3.63, 3.8) is 0 Å². The van der Waals surface area contributed by atoms with Crippen molar-refractivity contribution >= 4 is 51.1 Å². The number of carbonyl (C=O) groups is 3. The van der Waals surface area contributed by atoms with E-state index in [9.17, 15) is 18.8 Å². The van der Waals surface area contributed by atoms with Crippen LogP contribution in [0.4, 0.5) is 27.1 Å². The first kappa shape index (κ1) is 20.4. The van der Waals surface area contributed by atoms with Crippen molar-refractivity contribution in [2.24, 2.45) is 0 Å². The lowest BCUT2D eigenvalue weighted by molar-refractivity contribution is -0.124. The molecule has 0 aliphatic carbocycles. The van der Waals surface area contributed by atoms with Crippen molar-refractivity contribution in [2.45, 2.75) is 6.42 Å². The van der Waals surface area contributed by atoms with Crippen LogP contribution < -0.4 is 16.0 Å². The first-order valence-corrected chi connectivity index (χ1v) is 10.3. The van der Waals surface area contributed by atoms with Gasteiger partial charge in [0.2, 0.25) is 11.8 Å². The normalized spacial score (nSPS) is 13.4. The summed E-state index contributed by atoms with van der Waals surface area (Å²) in [5, 5.41) is 4.53. The summed E-state index contributed by atoms with van der Waals surface area (Å²) in [6.45, 7) is 0. The fourth-order valence-electron chi connectivity index (χ4n) is 4.08. The number of benzene rings is 4. The zero-order valence-electron chi connectivity index (χ0n) is 17.3. The number of anilines is 4. The Kier molecular flexibility index (Phi) is 4.86. The highest BCUT2D eigenvalue weighted by Crippen LogP contribution is 2.41. The number of hydrogen-bond acceptors (Lipinski definition) is 4. The zero-order chi connectivity index (χ0) is 23.1. The number of halogens is 1. The molecule has 4 aromatic carbocycles.